The monoisotopic (exact) mass is 868 g/mol. The van der Waals surface area contributed by atoms with E-state index in [4.69, 9.17) is 9.47 Å². The van der Waals surface area contributed by atoms with E-state index in [0.29, 0.717) is 6.42 Å². The van der Waals surface area contributed by atoms with E-state index < -0.39 is 49.5 Å². The molecular weight excluding hydrogens is 779 g/mol. The number of ether oxygens (including phenoxy) is 2. The molecule has 1 saturated heterocycles. The molecular formula is C53H89NO8. The van der Waals surface area contributed by atoms with E-state index in [0.717, 1.165) is 70.6 Å². The van der Waals surface area contributed by atoms with E-state index >= 15 is 0 Å². The van der Waals surface area contributed by atoms with Crippen molar-refractivity contribution in [3.63, 3.8) is 0 Å². The van der Waals surface area contributed by atoms with Gasteiger partial charge in [-0.15, -0.1) is 0 Å². The smallest absolute Gasteiger partial charge is 0.220 e. The Bertz CT molecular complexity index is 1280. The summed E-state index contributed by atoms with van der Waals surface area (Å²) in [7, 11) is 0. The SMILES string of the molecule is CC/C=C\C/C=C\C/C=C\C/C=C\C/C=C\C/C=C\C/C=C\CCCC(=O)NC(COC1OC(CO)C(O)C(O)C1O)C(O)/C=C/CCCCCCCCCCCCCCCC. The van der Waals surface area contributed by atoms with E-state index in [1.165, 1.54) is 77.0 Å². The van der Waals surface area contributed by atoms with Crippen LogP contribution in [0, 0.1) is 0 Å². The third kappa shape index (κ3) is 31.9. The molecule has 6 N–H and O–H groups in total. The Kier molecular flexibility index (Phi) is 38.8. The summed E-state index contributed by atoms with van der Waals surface area (Å²) < 4.78 is 11.2. The maximum Gasteiger partial charge on any atom is 0.220 e. The molecule has 9 nitrogen and oxygen atoms in total. The van der Waals surface area contributed by atoms with Gasteiger partial charge < -0.3 is 40.3 Å². The molecule has 0 saturated carbocycles. The van der Waals surface area contributed by atoms with E-state index in [2.05, 4.69) is 104 Å². The Morgan fingerprint density at radius 3 is 1.47 bits per heavy atom. The Labute approximate surface area is 377 Å². The molecule has 7 atom stereocenters. The molecule has 1 rings (SSSR count). The average molecular weight is 868 g/mol. The molecule has 0 aliphatic carbocycles. The topological polar surface area (TPSA) is 149 Å². The Balaban J connectivity index is 2.39. The van der Waals surface area contributed by atoms with Gasteiger partial charge in [0.1, 0.15) is 24.4 Å². The zero-order valence-corrected chi connectivity index (χ0v) is 38.8. The van der Waals surface area contributed by atoms with Gasteiger partial charge in [-0.3, -0.25) is 4.79 Å². The van der Waals surface area contributed by atoms with Crippen LogP contribution in [0.2, 0.25) is 0 Å². The van der Waals surface area contributed by atoms with E-state index in [-0.39, 0.29) is 18.9 Å². The number of aliphatic hydroxyl groups is 5. The lowest BCUT2D eigenvalue weighted by Gasteiger charge is -2.40. The minimum absolute atomic E-state index is 0.218. The van der Waals surface area contributed by atoms with Crippen molar-refractivity contribution in [1.29, 1.82) is 0 Å². The van der Waals surface area contributed by atoms with Crippen molar-refractivity contribution in [3.05, 3.63) is 97.2 Å². The fourth-order valence-corrected chi connectivity index (χ4v) is 7.03. The van der Waals surface area contributed by atoms with Crippen molar-refractivity contribution in [2.75, 3.05) is 13.2 Å². The van der Waals surface area contributed by atoms with Gasteiger partial charge in [0, 0.05) is 6.42 Å². The first kappa shape index (κ1) is 57.1. The molecule has 1 aliphatic rings. The summed E-state index contributed by atoms with van der Waals surface area (Å²) in [5, 5.41) is 54.2. The van der Waals surface area contributed by atoms with Crippen LogP contribution in [-0.2, 0) is 14.3 Å². The van der Waals surface area contributed by atoms with Crippen molar-refractivity contribution in [3.8, 4) is 0 Å². The van der Waals surface area contributed by atoms with Crippen molar-refractivity contribution < 1.29 is 39.8 Å². The van der Waals surface area contributed by atoms with Crippen molar-refractivity contribution in [2.24, 2.45) is 0 Å². The molecule has 0 radical (unpaired) electrons. The second kappa shape index (κ2) is 42.1. The predicted molar refractivity (Wildman–Crippen MR) is 258 cm³/mol. The van der Waals surface area contributed by atoms with Crippen molar-refractivity contribution >= 4 is 5.91 Å². The number of hydrogen-bond donors (Lipinski definition) is 6. The average Bonchev–Trinajstić information content (AvgIpc) is 3.27. The first-order chi connectivity index (χ1) is 30.3. The van der Waals surface area contributed by atoms with Crippen LogP contribution in [-0.4, -0.2) is 87.5 Å². The molecule has 1 heterocycles. The maximum absolute atomic E-state index is 13.0. The van der Waals surface area contributed by atoms with Gasteiger partial charge in [-0.25, -0.2) is 0 Å². The zero-order chi connectivity index (χ0) is 45.1. The number of aliphatic hydroxyl groups excluding tert-OH is 5. The molecule has 0 aromatic rings. The van der Waals surface area contributed by atoms with Gasteiger partial charge >= 0.3 is 0 Å². The number of unbranched alkanes of at least 4 members (excludes halogenated alkanes) is 15. The van der Waals surface area contributed by atoms with Gasteiger partial charge in [0.15, 0.2) is 6.29 Å². The van der Waals surface area contributed by atoms with E-state index in [1.807, 2.05) is 6.08 Å². The van der Waals surface area contributed by atoms with E-state index in [9.17, 15) is 30.3 Å². The van der Waals surface area contributed by atoms with Crippen molar-refractivity contribution in [2.45, 2.75) is 217 Å². The molecule has 354 valence electrons. The summed E-state index contributed by atoms with van der Waals surface area (Å²) in [5.74, 6) is -0.239. The van der Waals surface area contributed by atoms with Crippen LogP contribution >= 0.6 is 0 Å². The maximum atomic E-state index is 13.0. The van der Waals surface area contributed by atoms with E-state index in [1.54, 1.807) is 6.08 Å². The summed E-state index contributed by atoms with van der Waals surface area (Å²) in [5.41, 5.74) is 0. The quantitative estimate of drug-likeness (QED) is 0.0264. The van der Waals surface area contributed by atoms with Gasteiger partial charge in [0.2, 0.25) is 5.91 Å². The van der Waals surface area contributed by atoms with Crippen LogP contribution in [0.25, 0.3) is 0 Å². The summed E-state index contributed by atoms with van der Waals surface area (Å²) >= 11 is 0. The lowest BCUT2D eigenvalue weighted by molar-refractivity contribution is -0.302. The molecule has 0 aromatic heterocycles. The zero-order valence-electron chi connectivity index (χ0n) is 38.8. The Hall–Kier alpha value is -2.89. The highest BCUT2D eigenvalue weighted by Crippen LogP contribution is 2.22. The van der Waals surface area contributed by atoms with Crippen LogP contribution in [0.15, 0.2) is 97.2 Å². The number of carbonyl (C=O) groups is 1. The second-order valence-corrected chi connectivity index (χ2v) is 16.5. The molecule has 1 aliphatic heterocycles. The number of allylic oxidation sites excluding steroid dienone is 15. The summed E-state index contributed by atoms with van der Waals surface area (Å²) in [6, 6.07) is -0.842. The van der Waals surface area contributed by atoms with Gasteiger partial charge in [-0.05, 0) is 70.6 Å². The van der Waals surface area contributed by atoms with Crippen LogP contribution in [0.3, 0.4) is 0 Å². The molecule has 62 heavy (non-hydrogen) atoms. The third-order valence-electron chi connectivity index (χ3n) is 10.9. The fourth-order valence-electron chi connectivity index (χ4n) is 7.03. The lowest BCUT2D eigenvalue weighted by atomic mass is 9.99. The molecule has 9 heteroatoms. The first-order valence-electron chi connectivity index (χ1n) is 24.5. The Morgan fingerprint density at radius 1 is 0.565 bits per heavy atom. The predicted octanol–water partition coefficient (Wildman–Crippen LogP) is 10.9. The van der Waals surface area contributed by atoms with Gasteiger partial charge in [-0.1, -0.05) is 195 Å². The lowest BCUT2D eigenvalue weighted by Crippen LogP contribution is -2.60. The molecule has 1 amide bonds. The number of carbonyl (C=O) groups excluding carboxylic acids is 1. The molecule has 1 fully saturated rings. The highest BCUT2D eigenvalue weighted by molar-refractivity contribution is 5.76. The van der Waals surface area contributed by atoms with Crippen LogP contribution in [0.1, 0.15) is 174 Å². The third-order valence-corrected chi connectivity index (χ3v) is 10.9. The summed E-state index contributed by atoms with van der Waals surface area (Å²) in [4.78, 5) is 13.0. The molecule has 0 aromatic carbocycles. The normalized spacial score (nSPS) is 21.2. The fraction of sp³-hybridized carbons (Fsp3) is 0.679. The number of amides is 1. The second-order valence-electron chi connectivity index (χ2n) is 16.5. The summed E-state index contributed by atoms with van der Waals surface area (Å²) in [6.45, 7) is 3.61. The first-order valence-corrected chi connectivity index (χ1v) is 24.5. The van der Waals surface area contributed by atoms with Gasteiger partial charge in [0.25, 0.3) is 0 Å². The van der Waals surface area contributed by atoms with Crippen LogP contribution < -0.4 is 5.32 Å². The summed E-state index contributed by atoms with van der Waals surface area (Å²) in [6.07, 6.45) is 53.1. The number of hydrogen-bond acceptors (Lipinski definition) is 8. The standard InChI is InChI=1S/C53H89NO8/c1-3-5-7-9-11-13-15-17-19-21-22-23-24-25-26-27-29-31-33-35-37-39-41-43-49(57)54-46(45-61-53-52(60)51(59)50(58)48(44-55)62-53)47(56)42-40-38-36-34-32-30-28-20-18-16-14-12-10-8-6-4-2/h5,7,11,13,17,19,22-23,25-26,29,31,35,37,40,42,46-48,50-53,55-56,58-60H,3-4,6,8-10,12,14-16,18,20-21,24,27-28,30,32-34,36,38-39,41,43-45H2,1-2H3,(H,54,57)/b7-5-,13-11-,19-17-,23-22-,26-25-,31-29-,37-35-,42-40+. The minimum atomic E-state index is -1.58. The van der Waals surface area contributed by atoms with Crippen molar-refractivity contribution in [1.82, 2.24) is 5.32 Å². The number of nitrogens with one attached hydrogen (secondary N) is 1. The minimum Gasteiger partial charge on any atom is -0.394 e. The van der Waals surface area contributed by atoms with Gasteiger partial charge in [-0.2, -0.15) is 0 Å². The highest BCUT2D eigenvalue weighted by atomic mass is 16.7. The largest absolute Gasteiger partial charge is 0.394 e. The molecule has 0 bridgehead atoms. The molecule has 7 unspecified atom stereocenters. The Morgan fingerprint density at radius 2 is 1.00 bits per heavy atom. The number of rotatable bonds is 39. The van der Waals surface area contributed by atoms with Crippen LogP contribution in [0.5, 0.6) is 0 Å². The van der Waals surface area contributed by atoms with Gasteiger partial charge in [0.05, 0.1) is 25.4 Å². The molecule has 0 spiro atoms. The van der Waals surface area contributed by atoms with Crippen LogP contribution in [0.4, 0.5) is 0 Å². The highest BCUT2D eigenvalue weighted by Gasteiger charge is 2.44.